The molecule has 146 valence electrons. The highest BCUT2D eigenvalue weighted by Gasteiger charge is 2.27. The van der Waals surface area contributed by atoms with Gasteiger partial charge in [-0.2, -0.15) is 0 Å². The summed E-state index contributed by atoms with van der Waals surface area (Å²) < 4.78 is 14.6. The number of nitrogens with one attached hydrogen (secondary N) is 2. The first-order valence-electron chi connectivity index (χ1n) is 8.68. The molecule has 0 aliphatic carbocycles. The Balaban J connectivity index is 0.00000338. The molecule has 0 spiro atoms. The SMILES string of the molecule is CCNC(=NCc1ccc(Br)cc1F)NC1CCN(C(=O)C(C)C)C1.I. The summed E-state index contributed by atoms with van der Waals surface area (Å²) >= 11 is 3.25. The second kappa shape index (κ2) is 11.1. The van der Waals surface area contributed by atoms with E-state index in [1.54, 1.807) is 12.1 Å². The van der Waals surface area contributed by atoms with Crippen molar-refractivity contribution in [3.05, 3.63) is 34.1 Å². The third-order valence-corrected chi connectivity index (χ3v) is 4.59. The van der Waals surface area contributed by atoms with Crippen molar-refractivity contribution in [3.63, 3.8) is 0 Å². The fourth-order valence-electron chi connectivity index (χ4n) is 2.77. The predicted molar refractivity (Wildman–Crippen MR) is 117 cm³/mol. The summed E-state index contributed by atoms with van der Waals surface area (Å²) in [7, 11) is 0. The van der Waals surface area contributed by atoms with Gasteiger partial charge in [0.15, 0.2) is 5.96 Å². The van der Waals surface area contributed by atoms with Gasteiger partial charge in [-0.25, -0.2) is 9.38 Å². The van der Waals surface area contributed by atoms with E-state index in [0.717, 1.165) is 19.5 Å². The third kappa shape index (κ3) is 6.68. The number of carbonyl (C=O) groups is 1. The molecule has 0 aromatic heterocycles. The van der Waals surface area contributed by atoms with E-state index in [1.807, 2.05) is 25.7 Å². The number of hydrogen-bond acceptors (Lipinski definition) is 2. The zero-order valence-electron chi connectivity index (χ0n) is 15.4. The fourth-order valence-corrected chi connectivity index (χ4v) is 3.10. The molecule has 1 fully saturated rings. The average Bonchev–Trinajstić information content (AvgIpc) is 3.01. The number of amides is 1. The summed E-state index contributed by atoms with van der Waals surface area (Å²) in [4.78, 5) is 18.5. The Kier molecular flexibility index (Phi) is 9.84. The van der Waals surface area contributed by atoms with Crippen molar-refractivity contribution < 1.29 is 9.18 Å². The normalized spacial score (nSPS) is 17.2. The van der Waals surface area contributed by atoms with Gasteiger partial charge in [0.2, 0.25) is 5.91 Å². The summed E-state index contributed by atoms with van der Waals surface area (Å²) in [5.74, 6) is 0.571. The topological polar surface area (TPSA) is 56.7 Å². The van der Waals surface area contributed by atoms with Crippen molar-refractivity contribution in [2.75, 3.05) is 19.6 Å². The van der Waals surface area contributed by atoms with Gasteiger partial charge < -0.3 is 15.5 Å². The standard InChI is InChI=1S/C18H26BrFN4O.HI/c1-4-21-18(22-10-13-5-6-14(19)9-16(13)20)23-15-7-8-24(11-15)17(25)12(2)3;/h5-6,9,12,15H,4,7-8,10-11H2,1-3H3,(H2,21,22,23);1H. The predicted octanol–water partition coefficient (Wildman–Crippen LogP) is 3.52. The summed E-state index contributed by atoms with van der Waals surface area (Å²) in [5.41, 5.74) is 0.545. The molecule has 1 amide bonds. The smallest absolute Gasteiger partial charge is 0.225 e. The molecule has 2 N–H and O–H groups in total. The number of rotatable bonds is 5. The maximum absolute atomic E-state index is 13.9. The van der Waals surface area contributed by atoms with Crippen LogP contribution in [0.4, 0.5) is 4.39 Å². The molecule has 1 aromatic rings. The van der Waals surface area contributed by atoms with Crippen molar-refractivity contribution >= 4 is 51.8 Å². The Morgan fingerprint density at radius 3 is 2.81 bits per heavy atom. The molecule has 0 saturated carbocycles. The largest absolute Gasteiger partial charge is 0.357 e. The molecule has 0 radical (unpaired) electrons. The number of aliphatic imine (C=N–C) groups is 1. The fraction of sp³-hybridized carbons (Fsp3) is 0.556. The highest BCUT2D eigenvalue weighted by Crippen LogP contribution is 2.16. The summed E-state index contributed by atoms with van der Waals surface area (Å²) in [6, 6.07) is 5.14. The number of benzene rings is 1. The van der Waals surface area contributed by atoms with E-state index in [9.17, 15) is 9.18 Å². The van der Waals surface area contributed by atoms with E-state index in [2.05, 4.69) is 31.6 Å². The Bertz CT molecular complexity index is 642. The molecular weight excluding hydrogens is 514 g/mol. The lowest BCUT2D eigenvalue weighted by Gasteiger charge is -2.20. The van der Waals surface area contributed by atoms with Gasteiger partial charge in [0.25, 0.3) is 0 Å². The lowest BCUT2D eigenvalue weighted by atomic mass is 10.2. The van der Waals surface area contributed by atoms with Gasteiger partial charge in [-0.1, -0.05) is 35.8 Å². The van der Waals surface area contributed by atoms with Crippen LogP contribution in [-0.2, 0) is 11.3 Å². The zero-order valence-corrected chi connectivity index (χ0v) is 19.3. The van der Waals surface area contributed by atoms with Gasteiger partial charge >= 0.3 is 0 Å². The highest BCUT2D eigenvalue weighted by molar-refractivity contribution is 14.0. The monoisotopic (exact) mass is 540 g/mol. The molecular formula is C18H27BrFIN4O. The van der Waals surface area contributed by atoms with Crippen molar-refractivity contribution in [1.82, 2.24) is 15.5 Å². The minimum Gasteiger partial charge on any atom is -0.357 e. The lowest BCUT2D eigenvalue weighted by molar-refractivity contribution is -0.133. The maximum atomic E-state index is 13.9. The van der Waals surface area contributed by atoms with E-state index >= 15 is 0 Å². The number of hydrogen-bond donors (Lipinski definition) is 2. The number of guanidine groups is 1. The van der Waals surface area contributed by atoms with Gasteiger partial charge in [-0.3, -0.25) is 4.79 Å². The Hall–Kier alpha value is -0.900. The Morgan fingerprint density at radius 1 is 1.46 bits per heavy atom. The molecule has 8 heteroatoms. The first-order chi connectivity index (χ1) is 11.9. The van der Waals surface area contributed by atoms with Crippen LogP contribution in [0, 0.1) is 11.7 Å². The van der Waals surface area contributed by atoms with E-state index in [0.29, 0.717) is 22.5 Å². The third-order valence-electron chi connectivity index (χ3n) is 4.10. The summed E-state index contributed by atoms with van der Waals surface area (Å²) in [6.07, 6.45) is 0.884. The van der Waals surface area contributed by atoms with Crippen molar-refractivity contribution in [3.8, 4) is 0 Å². The second-order valence-corrected chi connectivity index (χ2v) is 7.42. The number of carbonyl (C=O) groups excluding carboxylic acids is 1. The van der Waals surface area contributed by atoms with Crippen LogP contribution in [0.5, 0.6) is 0 Å². The number of halogens is 3. The van der Waals surface area contributed by atoms with E-state index in [4.69, 9.17) is 0 Å². The quantitative estimate of drug-likeness (QED) is 0.341. The summed E-state index contributed by atoms with van der Waals surface area (Å²) in [5, 5.41) is 6.54. The molecule has 1 saturated heterocycles. The number of likely N-dealkylation sites (tertiary alicyclic amines) is 1. The number of nitrogens with zero attached hydrogens (tertiary/aromatic N) is 2. The molecule has 2 rings (SSSR count). The highest BCUT2D eigenvalue weighted by atomic mass is 127. The van der Waals surface area contributed by atoms with Crippen LogP contribution in [0.1, 0.15) is 32.8 Å². The van der Waals surface area contributed by atoms with E-state index in [-0.39, 0.29) is 54.2 Å². The van der Waals surface area contributed by atoms with Crippen LogP contribution in [0.15, 0.2) is 27.7 Å². The molecule has 5 nitrogen and oxygen atoms in total. The van der Waals surface area contributed by atoms with Crippen LogP contribution in [0.3, 0.4) is 0 Å². The summed E-state index contributed by atoms with van der Waals surface area (Å²) in [6.45, 7) is 8.23. The molecule has 1 heterocycles. The van der Waals surface area contributed by atoms with Crippen molar-refractivity contribution in [2.24, 2.45) is 10.9 Å². The Morgan fingerprint density at radius 2 is 2.19 bits per heavy atom. The Labute approximate surface area is 180 Å². The molecule has 1 aliphatic heterocycles. The van der Waals surface area contributed by atoms with Gasteiger partial charge in [0.1, 0.15) is 5.82 Å². The van der Waals surface area contributed by atoms with Crippen LogP contribution >= 0.6 is 39.9 Å². The molecule has 26 heavy (non-hydrogen) atoms. The molecule has 1 unspecified atom stereocenters. The lowest BCUT2D eigenvalue weighted by Crippen LogP contribution is -2.45. The molecule has 1 aromatic carbocycles. The molecule has 1 aliphatic rings. The van der Waals surface area contributed by atoms with Gasteiger partial charge in [-0.05, 0) is 25.5 Å². The minimum absolute atomic E-state index is 0. The van der Waals surface area contributed by atoms with Crippen LogP contribution in [0.2, 0.25) is 0 Å². The first kappa shape index (κ1) is 23.1. The van der Waals surface area contributed by atoms with Crippen LogP contribution < -0.4 is 10.6 Å². The zero-order chi connectivity index (χ0) is 18.4. The van der Waals surface area contributed by atoms with Crippen molar-refractivity contribution in [1.29, 1.82) is 0 Å². The average molecular weight is 541 g/mol. The van der Waals surface area contributed by atoms with Crippen LogP contribution in [0.25, 0.3) is 0 Å². The molecule has 1 atom stereocenters. The minimum atomic E-state index is -0.274. The van der Waals surface area contributed by atoms with Crippen LogP contribution in [-0.4, -0.2) is 42.4 Å². The molecule has 0 bridgehead atoms. The van der Waals surface area contributed by atoms with Crippen molar-refractivity contribution in [2.45, 2.75) is 39.8 Å². The van der Waals surface area contributed by atoms with Gasteiger partial charge in [0, 0.05) is 41.6 Å². The van der Waals surface area contributed by atoms with E-state index < -0.39 is 0 Å². The maximum Gasteiger partial charge on any atom is 0.225 e. The first-order valence-corrected chi connectivity index (χ1v) is 9.47. The van der Waals surface area contributed by atoms with E-state index in [1.165, 1.54) is 6.07 Å². The van der Waals surface area contributed by atoms with Gasteiger partial charge in [0.05, 0.1) is 6.54 Å². The van der Waals surface area contributed by atoms with Gasteiger partial charge in [-0.15, -0.1) is 24.0 Å². The second-order valence-electron chi connectivity index (χ2n) is 6.50.